The first-order valence-electron chi connectivity index (χ1n) is 9.18. The summed E-state index contributed by atoms with van der Waals surface area (Å²) in [5, 5.41) is 4.92. The van der Waals surface area contributed by atoms with Gasteiger partial charge in [0, 0.05) is 23.7 Å². The van der Waals surface area contributed by atoms with Crippen LogP contribution >= 0.6 is 11.8 Å². The van der Waals surface area contributed by atoms with Crippen molar-refractivity contribution in [3.05, 3.63) is 65.2 Å². The molecule has 0 spiro atoms. The SMILES string of the molecule is C[C@]1(CSc2ccccc2C(=O)N2CCc3ccccc3C2)NC(=O)NC1=O. The molecule has 6 nitrogen and oxygen atoms in total. The second-order valence-electron chi connectivity index (χ2n) is 7.27. The van der Waals surface area contributed by atoms with Crippen molar-refractivity contribution in [3.63, 3.8) is 0 Å². The molecule has 0 unspecified atom stereocenters. The first kappa shape index (κ1) is 18.6. The molecule has 28 heavy (non-hydrogen) atoms. The normalized spacial score (nSPS) is 21.1. The van der Waals surface area contributed by atoms with Crippen molar-refractivity contribution < 1.29 is 14.4 Å². The van der Waals surface area contributed by atoms with Crippen LogP contribution in [0.2, 0.25) is 0 Å². The van der Waals surface area contributed by atoms with Gasteiger partial charge in [0.1, 0.15) is 5.54 Å². The molecule has 2 aliphatic rings. The molecule has 0 radical (unpaired) electrons. The van der Waals surface area contributed by atoms with Gasteiger partial charge in [-0.15, -0.1) is 11.8 Å². The van der Waals surface area contributed by atoms with Gasteiger partial charge in [0.2, 0.25) is 0 Å². The molecule has 2 aromatic carbocycles. The van der Waals surface area contributed by atoms with Crippen LogP contribution in [0.3, 0.4) is 0 Å². The fourth-order valence-electron chi connectivity index (χ4n) is 3.51. The summed E-state index contributed by atoms with van der Waals surface area (Å²) >= 11 is 1.40. The van der Waals surface area contributed by atoms with Gasteiger partial charge in [-0.25, -0.2) is 4.79 Å². The highest BCUT2D eigenvalue weighted by atomic mass is 32.2. The van der Waals surface area contributed by atoms with Crippen molar-refractivity contribution in [3.8, 4) is 0 Å². The summed E-state index contributed by atoms with van der Waals surface area (Å²) in [6, 6.07) is 15.2. The number of nitrogens with zero attached hydrogens (tertiary/aromatic N) is 1. The Morgan fingerprint density at radius 2 is 1.82 bits per heavy atom. The van der Waals surface area contributed by atoms with E-state index >= 15 is 0 Å². The van der Waals surface area contributed by atoms with Crippen molar-refractivity contribution in [1.29, 1.82) is 0 Å². The van der Waals surface area contributed by atoms with Gasteiger partial charge in [0.25, 0.3) is 11.8 Å². The van der Waals surface area contributed by atoms with Crippen LogP contribution in [0.4, 0.5) is 4.79 Å². The molecule has 2 heterocycles. The van der Waals surface area contributed by atoms with Gasteiger partial charge in [0.05, 0.1) is 5.56 Å². The lowest BCUT2D eigenvalue weighted by Crippen LogP contribution is -2.46. The summed E-state index contributed by atoms with van der Waals surface area (Å²) in [6.45, 7) is 2.97. The van der Waals surface area contributed by atoms with E-state index in [4.69, 9.17) is 0 Å². The Hall–Kier alpha value is -2.80. The number of urea groups is 1. The van der Waals surface area contributed by atoms with Gasteiger partial charge in [-0.1, -0.05) is 36.4 Å². The highest BCUT2D eigenvalue weighted by molar-refractivity contribution is 7.99. The van der Waals surface area contributed by atoms with E-state index in [1.165, 1.54) is 22.9 Å². The molecular formula is C21H21N3O3S. The first-order valence-corrected chi connectivity index (χ1v) is 10.2. The maximum Gasteiger partial charge on any atom is 0.322 e. The lowest BCUT2D eigenvalue weighted by atomic mass is 9.99. The average Bonchev–Trinajstić information content (AvgIpc) is 2.97. The zero-order valence-electron chi connectivity index (χ0n) is 15.5. The Balaban J connectivity index is 1.51. The summed E-state index contributed by atoms with van der Waals surface area (Å²) in [7, 11) is 0. The van der Waals surface area contributed by atoms with E-state index in [0.717, 1.165) is 11.3 Å². The Morgan fingerprint density at radius 1 is 1.11 bits per heavy atom. The number of thioether (sulfide) groups is 1. The third-order valence-corrected chi connectivity index (χ3v) is 6.56. The van der Waals surface area contributed by atoms with Crippen molar-refractivity contribution in [1.82, 2.24) is 15.5 Å². The maximum atomic E-state index is 13.2. The molecule has 4 amide bonds. The smallest absolute Gasteiger partial charge is 0.322 e. The second kappa shape index (κ2) is 7.31. The van der Waals surface area contributed by atoms with Crippen LogP contribution in [0.5, 0.6) is 0 Å². The number of benzene rings is 2. The predicted octanol–water partition coefficient (Wildman–Crippen LogP) is 2.58. The minimum atomic E-state index is -0.984. The van der Waals surface area contributed by atoms with Crippen molar-refractivity contribution in [2.45, 2.75) is 30.3 Å². The third-order valence-electron chi connectivity index (χ3n) is 5.17. The zero-order chi connectivity index (χ0) is 19.7. The maximum absolute atomic E-state index is 13.2. The van der Waals surface area contributed by atoms with Gasteiger partial charge < -0.3 is 10.2 Å². The van der Waals surface area contributed by atoms with Crippen LogP contribution in [0.1, 0.15) is 28.4 Å². The third kappa shape index (κ3) is 3.49. The van der Waals surface area contributed by atoms with E-state index in [2.05, 4.69) is 22.8 Å². The Bertz CT molecular complexity index is 961. The molecule has 2 aliphatic heterocycles. The molecule has 1 saturated heterocycles. The fourth-order valence-corrected chi connectivity index (χ4v) is 4.65. The largest absolute Gasteiger partial charge is 0.334 e. The topological polar surface area (TPSA) is 78.5 Å². The summed E-state index contributed by atoms with van der Waals surface area (Å²) in [5.74, 6) is -0.0124. The number of carbonyl (C=O) groups is 3. The molecule has 4 rings (SSSR count). The summed E-state index contributed by atoms with van der Waals surface area (Å²) < 4.78 is 0. The standard InChI is InChI=1S/C21H21N3O3S/c1-21(19(26)22-20(27)23-21)13-28-17-9-5-4-8-16(17)18(25)24-11-10-14-6-2-3-7-15(14)12-24/h2-9H,10-13H2,1H3,(H2,22,23,26,27)/t21-/m1/s1. The van der Waals surface area contributed by atoms with Gasteiger partial charge in [0.15, 0.2) is 0 Å². The Morgan fingerprint density at radius 3 is 2.57 bits per heavy atom. The minimum Gasteiger partial charge on any atom is -0.334 e. The zero-order valence-corrected chi connectivity index (χ0v) is 16.3. The average molecular weight is 395 g/mol. The molecule has 2 N–H and O–H groups in total. The van der Waals surface area contributed by atoms with Crippen molar-refractivity contribution in [2.24, 2.45) is 0 Å². The van der Waals surface area contributed by atoms with Crippen LogP contribution in [0.15, 0.2) is 53.4 Å². The van der Waals surface area contributed by atoms with E-state index in [1.807, 2.05) is 41.3 Å². The number of nitrogens with one attached hydrogen (secondary N) is 2. The van der Waals surface area contributed by atoms with E-state index < -0.39 is 11.6 Å². The van der Waals surface area contributed by atoms with Crippen molar-refractivity contribution >= 4 is 29.6 Å². The molecule has 0 aromatic heterocycles. The number of rotatable bonds is 4. The predicted molar refractivity (Wildman–Crippen MR) is 107 cm³/mol. The van der Waals surface area contributed by atoms with Crippen molar-refractivity contribution in [2.75, 3.05) is 12.3 Å². The molecule has 144 valence electrons. The molecular weight excluding hydrogens is 374 g/mol. The van der Waals surface area contributed by atoms with E-state index in [9.17, 15) is 14.4 Å². The van der Waals surface area contributed by atoms with Gasteiger partial charge in [-0.3, -0.25) is 14.9 Å². The quantitative estimate of drug-likeness (QED) is 0.616. The fraction of sp³-hybridized carbons (Fsp3) is 0.286. The van der Waals surface area contributed by atoms with Gasteiger partial charge in [-0.2, -0.15) is 0 Å². The van der Waals surface area contributed by atoms with E-state index in [1.54, 1.807) is 6.92 Å². The lowest BCUT2D eigenvalue weighted by molar-refractivity contribution is -0.122. The highest BCUT2D eigenvalue weighted by Crippen LogP contribution is 2.29. The van der Waals surface area contributed by atoms with E-state index in [-0.39, 0.29) is 11.8 Å². The summed E-state index contributed by atoms with van der Waals surface area (Å²) in [5.41, 5.74) is 2.12. The summed E-state index contributed by atoms with van der Waals surface area (Å²) in [6.07, 6.45) is 0.849. The Labute approximate surface area is 167 Å². The number of carbonyl (C=O) groups excluding carboxylic acids is 3. The molecule has 1 atom stereocenters. The second-order valence-corrected chi connectivity index (χ2v) is 8.29. The number of hydrogen-bond donors (Lipinski definition) is 2. The number of imide groups is 1. The lowest BCUT2D eigenvalue weighted by Gasteiger charge is -2.29. The van der Waals surface area contributed by atoms with Crippen LogP contribution in [0.25, 0.3) is 0 Å². The van der Waals surface area contributed by atoms with E-state index in [0.29, 0.717) is 24.4 Å². The summed E-state index contributed by atoms with van der Waals surface area (Å²) in [4.78, 5) is 39.3. The molecule has 0 saturated carbocycles. The number of hydrogen-bond acceptors (Lipinski definition) is 4. The minimum absolute atomic E-state index is 0.0114. The van der Waals surface area contributed by atoms with Crippen LogP contribution < -0.4 is 10.6 Å². The van der Waals surface area contributed by atoms with Gasteiger partial charge >= 0.3 is 6.03 Å². The van der Waals surface area contributed by atoms with Crippen LogP contribution in [-0.2, 0) is 17.8 Å². The highest BCUT2D eigenvalue weighted by Gasteiger charge is 2.42. The monoisotopic (exact) mass is 395 g/mol. The molecule has 0 aliphatic carbocycles. The molecule has 2 aromatic rings. The number of amides is 4. The van der Waals surface area contributed by atoms with Crippen LogP contribution in [-0.4, -0.2) is 40.6 Å². The molecule has 7 heteroatoms. The first-order chi connectivity index (χ1) is 13.5. The Kier molecular flexibility index (Phi) is 4.85. The molecule has 0 bridgehead atoms. The molecule has 1 fully saturated rings. The van der Waals surface area contributed by atoms with Gasteiger partial charge in [-0.05, 0) is 36.6 Å². The van der Waals surface area contributed by atoms with Crippen LogP contribution in [0, 0.1) is 0 Å². The number of fused-ring (bicyclic) bond motifs is 1.